The number of piperidine rings is 1. The fraction of sp³-hybridized carbons (Fsp3) is 1.00. The van der Waals surface area contributed by atoms with E-state index in [0.29, 0.717) is 5.92 Å². The van der Waals surface area contributed by atoms with Gasteiger partial charge >= 0.3 is 0 Å². The summed E-state index contributed by atoms with van der Waals surface area (Å²) >= 11 is 4.17. The SMILES string of the molecule is C[C@@H]1C[C@H](O)CN(CCS)C1. The molecule has 0 bridgehead atoms. The lowest BCUT2D eigenvalue weighted by Gasteiger charge is -2.33. The lowest BCUT2D eigenvalue weighted by atomic mass is 9.98. The Kier molecular flexibility index (Phi) is 3.69. The van der Waals surface area contributed by atoms with Crippen LogP contribution in [0.3, 0.4) is 0 Å². The van der Waals surface area contributed by atoms with Crippen molar-refractivity contribution in [2.45, 2.75) is 19.4 Å². The van der Waals surface area contributed by atoms with E-state index in [4.69, 9.17) is 0 Å². The van der Waals surface area contributed by atoms with E-state index in [-0.39, 0.29) is 6.10 Å². The molecule has 0 aromatic carbocycles. The second kappa shape index (κ2) is 4.33. The highest BCUT2D eigenvalue weighted by atomic mass is 32.1. The van der Waals surface area contributed by atoms with Gasteiger partial charge in [-0.05, 0) is 12.3 Å². The van der Waals surface area contributed by atoms with Crippen molar-refractivity contribution < 1.29 is 5.11 Å². The molecule has 1 aliphatic heterocycles. The third kappa shape index (κ3) is 3.01. The van der Waals surface area contributed by atoms with Gasteiger partial charge in [0.2, 0.25) is 0 Å². The van der Waals surface area contributed by atoms with Crippen LogP contribution in [-0.4, -0.2) is 41.5 Å². The minimum Gasteiger partial charge on any atom is -0.392 e. The van der Waals surface area contributed by atoms with Gasteiger partial charge in [-0.15, -0.1) is 0 Å². The van der Waals surface area contributed by atoms with Crippen molar-refractivity contribution in [3.05, 3.63) is 0 Å². The third-order valence-corrected chi connectivity index (χ3v) is 2.33. The van der Waals surface area contributed by atoms with Crippen molar-refractivity contribution in [1.29, 1.82) is 0 Å². The summed E-state index contributed by atoms with van der Waals surface area (Å²) in [5.74, 6) is 1.53. The first kappa shape index (κ1) is 9.36. The average molecular weight is 175 g/mol. The van der Waals surface area contributed by atoms with Crippen molar-refractivity contribution in [1.82, 2.24) is 4.90 Å². The van der Waals surface area contributed by atoms with Crippen LogP contribution in [0, 0.1) is 5.92 Å². The maximum atomic E-state index is 9.41. The third-order valence-electron chi connectivity index (χ3n) is 2.13. The van der Waals surface area contributed by atoms with Gasteiger partial charge in [-0.25, -0.2) is 0 Å². The van der Waals surface area contributed by atoms with Crippen molar-refractivity contribution in [3.8, 4) is 0 Å². The van der Waals surface area contributed by atoms with E-state index < -0.39 is 0 Å². The number of hydrogen-bond donors (Lipinski definition) is 2. The molecule has 1 aliphatic rings. The Hall–Kier alpha value is 0.270. The monoisotopic (exact) mass is 175 g/mol. The Morgan fingerprint density at radius 2 is 2.27 bits per heavy atom. The standard InChI is InChI=1S/C8H17NOS/c1-7-4-8(10)6-9(5-7)2-3-11/h7-8,10-11H,2-6H2,1H3/t7-,8+/m1/s1. The van der Waals surface area contributed by atoms with Crippen molar-refractivity contribution in [2.75, 3.05) is 25.4 Å². The molecule has 0 unspecified atom stereocenters. The van der Waals surface area contributed by atoms with Gasteiger partial charge in [-0.2, -0.15) is 12.6 Å². The predicted octanol–water partition coefficient (Wildman–Crippen LogP) is 0.619. The molecular weight excluding hydrogens is 158 g/mol. The molecule has 2 nitrogen and oxygen atoms in total. The number of aliphatic hydroxyl groups is 1. The van der Waals surface area contributed by atoms with Crippen LogP contribution >= 0.6 is 12.6 Å². The molecule has 2 atom stereocenters. The van der Waals surface area contributed by atoms with E-state index in [1.807, 2.05) is 0 Å². The van der Waals surface area contributed by atoms with Crippen LogP contribution in [0.4, 0.5) is 0 Å². The number of aliphatic hydroxyl groups excluding tert-OH is 1. The molecule has 0 aromatic heterocycles. The topological polar surface area (TPSA) is 23.5 Å². The molecule has 1 fully saturated rings. The van der Waals surface area contributed by atoms with Crippen molar-refractivity contribution >= 4 is 12.6 Å². The normalized spacial score (nSPS) is 34.1. The van der Waals surface area contributed by atoms with Crippen LogP contribution in [0.15, 0.2) is 0 Å². The lowest BCUT2D eigenvalue weighted by Crippen LogP contribution is -2.43. The van der Waals surface area contributed by atoms with Gasteiger partial charge in [0, 0.05) is 25.4 Å². The van der Waals surface area contributed by atoms with Crippen LogP contribution in [0.1, 0.15) is 13.3 Å². The molecule has 0 aromatic rings. The van der Waals surface area contributed by atoms with Crippen LogP contribution in [0.5, 0.6) is 0 Å². The summed E-state index contributed by atoms with van der Waals surface area (Å²) in [4.78, 5) is 2.28. The first-order valence-corrected chi connectivity index (χ1v) is 4.87. The first-order chi connectivity index (χ1) is 5.22. The number of thiol groups is 1. The molecule has 0 saturated carbocycles. The Balaban J connectivity index is 2.30. The van der Waals surface area contributed by atoms with Crippen molar-refractivity contribution in [2.24, 2.45) is 5.92 Å². The quantitative estimate of drug-likeness (QED) is 0.601. The van der Waals surface area contributed by atoms with E-state index in [2.05, 4.69) is 24.5 Å². The highest BCUT2D eigenvalue weighted by Crippen LogP contribution is 2.15. The molecule has 1 heterocycles. The van der Waals surface area contributed by atoms with E-state index in [9.17, 15) is 5.11 Å². The number of β-amino-alcohol motifs (C(OH)–C–C–N with tert-alkyl or cyclic N) is 1. The number of likely N-dealkylation sites (tertiary alicyclic amines) is 1. The summed E-state index contributed by atoms with van der Waals surface area (Å²) in [5.41, 5.74) is 0. The summed E-state index contributed by atoms with van der Waals surface area (Å²) in [7, 11) is 0. The molecule has 1 rings (SSSR count). The molecule has 1 N–H and O–H groups in total. The second-order valence-electron chi connectivity index (χ2n) is 3.48. The summed E-state index contributed by atoms with van der Waals surface area (Å²) in [6.07, 6.45) is 0.849. The molecule has 66 valence electrons. The molecule has 0 spiro atoms. The minimum absolute atomic E-state index is 0.112. The average Bonchev–Trinajstić information content (AvgIpc) is 1.85. The van der Waals surface area contributed by atoms with Gasteiger partial charge in [-0.3, -0.25) is 4.90 Å². The van der Waals surface area contributed by atoms with Crippen molar-refractivity contribution in [3.63, 3.8) is 0 Å². The van der Waals surface area contributed by atoms with Crippen LogP contribution in [0.25, 0.3) is 0 Å². The fourth-order valence-corrected chi connectivity index (χ4v) is 2.03. The Bertz CT molecular complexity index is 111. The summed E-state index contributed by atoms with van der Waals surface area (Å²) in [5, 5.41) is 9.41. The number of rotatable bonds is 2. The molecule has 3 heteroatoms. The zero-order chi connectivity index (χ0) is 8.27. The highest BCUT2D eigenvalue weighted by Gasteiger charge is 2.21. The van der Waals surface area contributed by atoms with Gasteiger partial charge in [0.25, 0.3) is 0 Å². The highest BCUT2D eigenvalue weighted by molar-refractivity contribution is 7.80. The summed E-state index contributed by atoms with van der Waals surface area (Å²) < 4.78 is 0. The summed E-state index contributed by atoms with van der Waals surface area (Å²) in [6, 6.07) is 0. The zero-order valence-corrected chi connectivity index (χ0v) is 7.93. The maximum absolute atomic E-state index is 9.41. The van der Waals surface area contributed by atoms with E-state index >= 15 is 0 Å². The Morgan fingerprint density at radius 3 is 2.82 bits per heavy atom. The van der Waals surface area contributed by atoms with Gasteiger partial charge < -0.3 is 5.11 Å². The van der Waals surface area contributed by atoms with Gasteiger partial charge in [0.15, 0.2) is 0 Å². The predicted molar refractivity (Wildman–Crippen MR) is 50.1 cm³/mol. The second-order valence-corrected chi connectivity index (χ2v) is 3.93. The largest absolute Gasteiger partial charge is 0.392 e. The number of hydrogen-bond acceptors (Lipinski definition) is 3. The molecule has 0 radical (unpaired) electrons. The molecule has 0 aliphatic carbocycles. The lowest BCUT2D eigenvalue weighted by molar-refractivity contribution is 0.0482. The van der Waals surface area contributed by atoms with E-state index in [1.54, 1.807) is 0 Å². The minimum atomic E-state index is -0.112. The van der Waals surface area contributed by atoms with E-state index in [1.165, 1.54) is 0 Å². The van der Waals surface area contributed by atoms with Crippen LogP contribution in [0.2, 0.25) is 0 Å². The zero-order valence-electron chi connectivity index (χ0n) is 7.03. The molecule has 0 amide bonds. The van der Waals surface area contributed by atoms with Gasteiger partial charge in [-0.1, -0.05) is 6.92 Å². The van der Waals surface area contributed by atoms with Crippen LogP contribution < -0.4 is 0 Å². The smallest absolute Gasteiger partial charge is 0.0670 e. The fourth-order valence-electron chi connectivity index (χ4n) is 1.75. The van der Waals surface area contributed by atoms with Gasteiger partial charge in [0.05, 0.1) is 6.10 Å². The number of nitrogens with zero attached hydrogens (tertiary/aromatic N) is 1. The first-order valence-electron chi connectivity index (χ1n) is 4.23. The molecule has 11 heavy (non-hydrogen) atoms. The molecule has 1 saturated heterocycles. The Labute approximate surface area is 74.0 Å². The Morgan fingerprint density at radius 1 is 1.55 bits per heavy atom. The summed E-state index contributed by atoms with van der Waals surface area (Å²) in [6.45, 7) is 5.15. The maximum Gasteiger partial charge on any atom is 0.0670 e. The van der Waals surface area contributed by atoms with Crippen LogP contribution in [-0.2, 0) is 0 Å². The van der Waals surface area contributed by atoms with Gasteiger partial charge in [0.1, 0.15) is 0 Å². The van der Waals surface area contributed by atoms with E-state index in [0.717, 1.165) is 31.8 Å². The molecular formula is C8H17NOS.